The van der Waals surface area contributed by atoms with E-state index in [9.17, 15) is 9.59 Å². The van der Waals surface area contributed by atoms with Gasteiger partial charge in [-0.3, -0.25) is 0 Å². The van der Waals surface area contributed by atoms with Gasteiger partial charge in [-0.2, -0.15) is 0 Å². The maximum Gasteiger partial charge on any atom is 0.436 e. The summed E-state index contributed by atoms with van der Waals surface area (Å²) >= 11 is 0. The first kappa shape index (κ1) is 18.9. The summed E-state index contributed by atoms with van der Waals surface area (Å²) in [5, 5.41) is 1.58. The molecule has 1 saturated heterocycles. The monoisotopic (exact) mass is 405 g/mol. The van der Waals surface area contributed by atoms with Crippen molar-refractivity contribution in [3.8, 4) is 11.5 Å². The average molecular weight is 405 g/mol. The zero-order valence-corrected chi connectivity index (χ0v) is 16.6. The van der Waals surface area contributed by atoms with Crippen LogP contribution in [0.25, 0.3) is 0 Å². The Bertz CT molecular complexity index is 998. The average Bonchev–Trinajstić information content (AvgIpc) is 2.77. The predicted molar refractivity (Wildman–Crippen MR) is 108 cm³/mol. The molecule has 2 aromatic rings. The zero-order chi connectivity index (χ0) is 20.6. The summed E-state index contributed by atoms with van der Waals surface area (Å²) in [5.74, 6) is -0.369. The number of carbonyl (C=O) groups excluding carboxylic acids is 2. The van der Waals surface area contributed by atoms with Crippen molar-refractivity contribution >= 4 is 11.9 Å². The first-order valence-corrected chi connectivity index (χ1v) is 10.4. The fourth-order valence-electron chi connectivity index (χ4n) is 4.65. The van der Waals surface area contributed by atoms with Crippen molar-refractivity contribution in [3.05, 3.63) is 71.3 Å². The molecule has 0 radical (unpaired) electrons. The standard InChI is InChI=1S/C24H23NO5/c26-22-23(27)30-25-15-14-18-6-4-5-9-21(18)24(25,29-22)16-17-10-12-20(13-11-17)28-19-7-2-1-3-8-19/h1-3,7-8,10-13H,4-6,9,14-16H2. The smallest absolute Gasteiger partial charge is 0.436 e. The lowest BCUT2D eigenvalue weighted by Gasteiger charge is -2.49. The van der Waals surface area contributed by atoms with Gasteiger partial charge in [0.1, 0.15) is 11.5 Å². The number of rotatable bonds is 4. The van der Waals surface area contributed by atoms with Crippen molar-refractivity contribution in [3.63, 3.8) is 0 Å². The molecule has 6 heteroatoms. The molecule has 30 heavy (non-hydrogen) atoms. The van der Waals surface area contributed by atoms with Gasteiger partial charge in [0.25, 0.3) is 0 Å². The van der Waals surface area contributed by atoms with E-state index in [2.05, 4.69) is 0 Å². The molecule has 1 fully saturated rings. The molecule has 0 bridgehead atoms. The normalized spacial score (nSPS) is 23.9. The third kappa shape index (κ3) is 3.37. The van der Waals surface area contributed by atoms with Crippen LogP contribution in [0.3, 0.4) is 0 Å². The Labute approximate surface area is 175 Å². The summed E-state index contributed by atoms with van der Waals surface area (Å²) in [7, 11) is 0. The highest BCUT2D eigenvalue weighted by atomic mass is 16.8. The van der Waals surface area contributed by atoms with E-state index in [1.54, 1.807) is 5.06 Å². The number of hydrogen-bond acceptors (Lipinski definition) is 6. The van der Waals surface area contributed by atoms with E-state index >= 15 is 0 Å². The van der Waals surface area contributed by atoms with Crippen molar-refractivity contribution in [1.82, 2.24) is 5.06 Å². The van der Waals surface area contributed by atoms with Crippen LogP contribution in [0.1, 0.15) is 37.7 Å². The van der Waals surface area contributed by atoms with Gasteiger partial charge in [-0.05, 0) is 67.5 Å². The van der Waals surface area contributed by atoms with Gasteiger partial charge >= 0.3 is 11.9 Å². The number of hydroxylamine groups is 2. The Morgan fingerprint density at radius 2 is 1.60 bits per heavy atom. The number of carbonyl (C=O) groups is 2. The van der Waals surface area contributed by atoms with Gasteiger partial charge in [0.2, 0.25) is 5.72 Å². The molecule has 0 N–H and O–H groups in total. The Morgan fingerprint density at radius 3 is 2.40 bits per heavy atom. The zero-order valence-electron chi connectivity index (χ0n) is 16.6. The van der Waals surface area contributed by atoms with E-state index in [1.165, 1.54) is 5.57 Å². The summed E-state index contributed by atoms with van der Waals surface area (Å²) in [5.41, 5.74) is 2.38. The molecule has 0 spiro atoms. The largest absolute Gasteiger partial charge is 0.457 e. The van der Waals surface area contributed by atoms with E-state index in [0.717, 1.165) is 54.7 Å². The summed E-state index contributed by atoms with van der Waals surface area (Å²) < 4.78 is 11.7. The van der Waals surface area contributed by atoms with Gasteiger partial charge in [0.15, 0.2) is 0 Å². The summed E-state index contributed by atoms with van der Waals surface area (Å²) in [6.45, 7) is 0.535. The van der Waals surface area contributed by atoms with Crippen molar-refractivity contribution in [1.29, 1.82) is 0 Å². The lowest BCUT2D eigenvalue weighted by Crippen LogP contribution is -2.63. The summed E-state index contributed by atoms with van der Waals surface area (Å²) in [4.78, 5) is 29.5. The minimum absolute atomic E-state index is 0.427. The number of fused-ring (bicyclic) bond motifs is 2. The minimum atomic E-state index is -1.04. The Balaban J connectivity index is 1.44. The number of esters is 1. The molecule has 154 valence electrons. The van der Waals surface area contributed by atoms with Crippen LogP contribution in [-0.2, 0) is 25.6 Å². The quantitative estimate of drug-likeness (QED) is 0.429. The van der Waals surface area contributed by atoms with Crippen LogP contribution in [0.5, 0.6) is 11.5 Å². The lowest BCUT2D eigenvalue weighted by molar-refractivity contribution is -0.299. The predicted octanol–water partition coefficient (Wildman–Crippen LogP) is 4.31. The van der Waals surface area contributed by atoms with Crippen LogP contribution in [0.4, 0.5) is 0 Å². The second kappa shape index (κ2) is 7.61. The fraction of sp³-hybridized carbons (Fsp3) is 0.333. The molecule has 1 unspecified atom stereocenters. The SMILES string of the molecule is O=C1ON2CCC3=C(CCCC3)C2(Cc2ccc(Oc3ccccc3)cc2)OC1=O. The van der Waals surface area contributed by atoms with Gasteiger partial charge in [0, 0.05) is 13.0 Å². The van der Waals surface area contributed by atoms with Crippen molar-refractivity contribution in [2.45, 2.75) is 44.2 Å². The molecule has 1 aliphatic carbocycles. The van der Waals surface area contributed by atoms with Crippen LogP contribution in [0, 0.1) is 0 Å². The van der Waals surface area contributed by atoms with Crippen LogP contribution in [-0.4, -0.2) is 29.3 Å². The van der Waals surface area contributed by atoms with Crippen LogP contribution >= 0.6 is 0 Å². The van der Waals surface area contributed by atoms with Gasteiger partial charge < -0.3 is 14.3 Å². The molecule has 2 aliphatic heterocycles. The van der Waals surface area contributed by atoms with Crippen molar-refractivity contribution in [2.75, 3.05) is 6.54 Å². The fourth-order valence-corrected chi connectivity index (χ4v) is 4.65. The van der Waals surface area contributed by atoms with Crippen LogP contribution < -0.4 is 4.74 Å². The molecule has 3 aliphatic rings. The molecule has 0 aromatic heterocycles. The van der Waals surface area contributed by atoms with Crippen LogP contribution in [0.2, 0.25) is 0 Å². The van der Waals surface area contributed by atoms with Gasteiger partial charge in [0.05, 0.1) is 0 Å². The van der Waals surface area contributed by atoms with E-state index < -0.39 is 17.7 Å². The molecular formula is C24H23NO5. The number of hydrogen-bond donors (Lipinski definition) is 0. The molecular weight excluding hydrogens is 382 g/mol. The van der Waals surface area contributed by atoms with Gasteiger partial charge in [-0.25, -0.2) is 9.59 Å². The molecule has 6 nitrogen and oxygen atoms in total. The first-order chi connectivity index (χ1) is 14.6. The summed E-state index contributed by atoms with van der Waals surface area (Å²) in [6.07, 6.45) is 5.33. The van der Waals surface area contributed by atoms with E-state index in [4.69, 9.17) is 14.3 Å². The topological polar surface area (TPSA) is 65.1 Å². The Hall–Kier alpha value is -3.12. The second-order valence-corrected chi connectivity index (χ2v) is 7.93. The van der Waals surface area contributed by atoms with Crippen molar-refractivity contribution in [2.24, 2.45) is 0 Å². The van der Waals surface area contributed by atoms with Gasteiger partial charge in [-0.15, -0.1) is 0 Å². The van der Waals surface area contributed by atoms with Crippen LogP contribution in [0.15, 0.2) is 65.7 Å². The van der Waals surface area contributed by atoms with E-state index in [-0.39, 0.29) is 0 Å². The number of ether oxygens (including phenoxy) is 2. The number of nitrogens with zero attached hydrogens (tertiary/aromatic N) is 1. The summed E-state index contributed by atoms with van der Waals surface area (Å²) in [6, 6.07) is 17.3. The molecule has 0 saturated carbocycles. The number of para-hydroxylation sites is 1. The Morgan fingerprint density at radius 1 is 0.867 bits per heavy atom. The highest BCUT2D eigenvalue weighted by Gasteiger charge is 2.54. The molecule has 1 atom stereocenters. The van der Waals surface area contributed by atoms with E-state index in [0.29, 0.717) is 13.0 Å². The minimum Gasteiger partial charge on any atom is -0.457 e. The Kier molecular flexibility index (Phi) is 4.79. The first-order valence-electron chi connectivity index (χ1n) is 10.4. The maximum absolute atomic E-state index is 12.2. The molecule has 2 aromatic carbocycles. The highest BCUT2D eigenvalue weighted by Crippen LogP contribution is 2.45. The van der Waals surface area contributed by atoms with Crippen molar-refractivity contribution < 1.29 is 23.9 Å². The lowest BCUT2D eigenvalue weighted by atomic mass is 9.78. The second-order valence-electron chi connectivity index (χ2n) is 7.93. The van der Waals surface area contributed by atoms with Gasteiger partial charge in [-0.1, -0.05) is 41.0 Å². The molecule has 2 heterocycles. The van der Waals surface area contributed by atoms with E-state index in [1.807, 2.05) is 54.6 Å². The maximum atomic E-state index is 12.2. The highest BCUT2D eigenvalue weighted by molar-refractivity contribution is 6.30. The molecule has 5 rings (SSSR count). The third-order valence-corrected chi connectivity index (χ3v) is 6.04. The number of benzene rings is 2. The molecule has 0 amide bonds. The third-order valence-electron chi connectivity index (χ3n) is 6.04.